The first-order chi connectivity index (χ1) is 15.0. The average Bonchev–Trinajstić information content (AvgIpc) is 2.71. The van der Waals surface area contributed by atoms with Crippen molar-refractivity contribution in [3.8, 4) is 5.75 Å². The molecule has 0 fully saturated rings. The van der Waals surface area contributed by atoms with Crippen LogP contribution in [0.1, 0.15) is 31.1 Å². The van der Waals surface area contributed by atoms with Crippen LogP contribution in [-0.2, 0) is 14.3 Å². The van der Waals surface area contributed by atoms with Crippen molar-refractivity contribution in [1.82, 2.24) is 14.7 Å². The molecule has 0 radical (unpaired) electrons. The van der Waals surface area contributed by atoms with Crippen molar-refractivity contribution in [2.24, 2.45) is 5.92 Å². The quantitative estimate of drug-likeness (QED) is 0.751. The second-order valence-electron chi connectivity index (χ2n) is 8.77. The van der Waals surface area contributed by atoms with Crippen LogP contribution in [0.2, 0.25) is 0 Å². The third-order valence-corrected chi connectivity index (χ3v) is 5.54. The molecule has 9 heteroatoms. The van der Waals surface area contributed by atoms with Gasteiger partial charge in [0.15, 0.2) is 0 Å². The van der Waals surface area contributed by atoms with Crippen LogP contribution in [0.15, 0.2) is 18.2 Å². The summed E-state index contributed by atoms with van der Waals surface area (Å²) in [5, 5.41) is 2.72. The molecule has 1 aliphatic rings. The summed E-state index contributed by atoms with van der Waals surface area (Å²) in [5.74, 6) is -0.0430. The van der Waals surface area contributed by atoms with E-state index in [9.17, 15) is 14.4 Å². The zero-order chi connectivity index (χ0) is 24.0. The summed E-state index contributed by atoms with van der Waals surface area (Å²) in [6, 6.07) is 4.74. The third kappa shape index (κ3) is 6.67. The molecule has 1 aromatic rings. The lowest BCUT2D eigenvalue weighted by molar-refractivity contribution is -0.136. The molecule has 1 aromatic carbocycles. The third-order valence-electron chi connectivity index (χ3n) is 5.54. The number of anilines is 1. The average molecular weight is 449 g/mol. The van der Waals surface area contributed by atoms with Gasteiger partial charge in [-0.3, -0.25) is 14.4 Å². The lowest BCUT2D eigenvalue weighted by Crippen LogP contribution is -2.50. The normalized spacial score (nSPS) is 22.5. The van der Waals surface area contributed by atoms with Gasteiger partial charge in [-0.05, 0) is 33.2 Å². The fourth-order valence-corrected chi connectivity index (χ4v) is 3.76. The van der Waals surface area contributed by atoms with Crippen molar-refractivity contribution in [3.05, 3.63) is 23.8 Å². The molecular formula is C23H36N4O5. The van der Waals surface area contributed by atoms with Crippen molar-refractivity contribution >= 4 is 23.4 Å². The van der Waals surface area contributed by atoms with Crippen LogP contribution in [-0.4, -0.2) is 99.1 Å². The van der Waals surface area contributed by atoms with E-state index in [1.165, 1.54) is 6.92 Å². The molecule has 178 valence electrons. The van der Waals surface area contributed by atoms with Gasteiger partial charge in [-0.15, -0.1) is 0 Å². The number of hydrogen-bond donors (Lipinski definition) is 1. The zero-order valence-corrected chi connectivity index (χ0v) is 20.2. The molecule has 2 rings (SSSR count). The van der Waals surface area contributed by atoms with Crippen LogP contribution in [0.4, 0.5) is 5.69 Å². The van der Waals surface area contributed by atoms with Gasteiger partial charge in [-0.2, -0.15) is 0 Å². The second kappa shape index (κ2) is 11.3. The largest absolute Gasteiger partial charge is 0.491 e. The van der Waals surface area contributed by atoms with Gasteiger partial charge in [0.2, 0.25) is 11.8 Å². The molecule has 0 aliphatic carbocycles. The minimum atomic E-state index is -0.242. The van der Waals surface area contributed by atoms with Crippen molar-refractivity contribution in [2.45, 2.75) is 32.9 Å². The molecule has 1 N–H and O–H groups in total. The molecule has 1 aliphatic heterocycles. The lowest BCUT2D eigenvalue weighted by Gasteiger charge is -2.36. The molecule has 0 spiro atoms. The SMILES string of the molecule is CO[C@@H]1CN(C)C(=O)c2ccc(NC(C)=O)cc2OC[C@@H](C)N(C(=O)CN(C)C)C[C@H]1C. The number of carbonyl (C=O) groups is 3. The minimum Gasteiger partial charge on any atom is -0.491 e. The van der Waals surface area contributed by atoms with Crippen molar-refractivity contribution in [2.75, 3.05) is 59.8 Å². The fourth-order valence-electron chi connectivity index (χ4n) is 3.76. The van der Waals surface area contributed by atoms with Crippen LogP contribution in [0, 0.1) is 5.92 Å². The monoisotopic (exact) mass is 448 g/mol. The summed E-state index contributed by atoms with van der Waals surface area (Å²) < 4.78 is 11.8. The first-order valence-corrected chi connectivity index (χ1v) is 10.8. The van der Waals surface area contributed by atoms with Gasteiger partial charge in [0.25, 0.3) is 5.91 Å². The van der Waals surface area contributed by atoms with Gasteiger partial charge in [-0.25, -0.2) is 0 Å². The Bertz CT molecular complexity index is 829. The van der Waals surface area contributed by atoms with E-state index in [0.717, 1.165) is 0 Å². The first-order valence-electron chi connectivity index (χ1n) is 10.8. The standard InChI is InChI=1S/C23H36N4O5/c1-15-11-27(22(29)13-25(4)5)16(2)14-32-20-10-18(24-17(3)28)8-9-19(20)23(30)26(6)12-21(15)31-7/h8-10,15-16,21H,11-14H2,1-7H3,(H,24,28)/t15-,16-,21-/m1/s1. The lowest BCUT2D eigenvalue weighted by atomic mass is 10.0. The first kappa shape index (κ1) is 25.6. The highest BCUT2D eigenvalue weighted by molar-refractivity contribution is 5.98. The van der Waals surface area contributed by atoms with E-state index in [1.54, 1.807) is 37.3 Å². The Morgan fingerprint density at radius 2 is 1.94 bits per heavy atom. The molecule has 1 heterocycles. The molecule has 9 nitrogen and oxygen atoms in total. The number of rotatable bonds is 4. The van der Waals surface area contributed by atoms with E-state index in [4.69, 9.17) is 9.47 Å². The second-order valence-corrected chi connectivity index (χ2v) is 8.77. The molecule has 0 aromatic heterocycles. The van der Waals surface area contributed by atoms with Gasteiger partial charge >= 0.3 is 0 Å². The maximum absolute atomic E-state index is 13.2. The van der Waals surface area contributed by atoms with Crippen LogP contribution in [0.5, 0.6) is 5.75 Å². The van der Waals surface area contributed by atoms with E-state index < -0.39 is 0 Å². The van der Waals surface area contributed by atoms with E-state index in [0.29, 0.717) is 30.1 Å². The number of likely N-dealkylation sites (N-methyl/N-ethyl adjacent to an activating group) is 2. The summed E-state index contributed by atoms with van der Waals surface area (Å²) in [4.78, 5) is 42.9. The summed E-state index contributed by atoms with van der Waals surface area (Å²) >= 11 is 0. The fraction of sp³-hybridized carbons (Fsp3) is 0.609. The molecule has 0 saturated heterocycles. The topological polar surface area (TPSA) is 91.4 Å². The molecule has 0 bridgehead atoms. The minimum absolute atomic E-state index is 0.00140. The van der Waals surface area contributed by atoms with Gasteiger partial charge < -0.3 is 29.5 Å². The smallest absolute Gasteiger partial charge is 0.257 e. The number of methoxy groups -OCH3 is 1. The number of hydrogen-bond acceptors (Lipinski definition) is 6. The van der Waals surface area contributed by atoms with E-state index in [1.807, 2.05) is 37.7 Å². The molecule has 32 heavy (non-hydrogen) atoms. The van der Waals surface area contributed by atoms with Crippen LogP contribution >= 0.6 is 0 Å². The van der Waals surface area contributed by atoms with E-state index in [2.05, 4.69) is 5.32 Å². The Morgan fingerprint density at radius 1 is 1.25 bits per heavy atom. The number of nitrogens with one attached hydrogen (secondary N) is 1. The zero-order valence-electron chi connectivity index (χ0n) is 20.2. The molecular weight excluding hydrogens is 412 g/mol. The van der Waals surface area contributed by atoms with Gasteiger partial charge in [0.05, 0.1) is 24.3 Å². The van der Waals surface area contributed by atoms with Crippen molar-refractivity contribution < 1.29 is 23.9 Å². The Labute approximate surface area is 190 Å². The predicted molar refractivity (Wildman–Crippen MR) is 123 cm³/mol. The van der Waals surface area contributed by atoms with Crippen molar-refractivity contribution in [1.29, 1.82) is 0 Å². The van der Waals surface area contributed by atoms with Crippen LogP contribution in [0.3, 0.4) is 0 Å². The highest BCUT2D eigenvalue weighted by atomic mass is 16.5. The highest BCUT2D eigenvalue weighted by Crippen LogP contribution is 2.27. The summed E-state index contributed by atoms with van der Waals surface area (Å²) in [6.45, 7) is 6.72. The van der Waals surface area contributed by atoms with Crippen molar-refractivity contribution in [3.63, 3.8) is 0 Å². The molecule has 0 saturated carbocycles. The van der Waals surface area contributed by atoms with E-state index in [-0.39, 0.29) is 48.9 Å². The number of ether oxygens (including phenoxy) is 2. The van der Waals surface area contributed by atoms with Gasteiger partial charge in [0, 0.05) is 51.8 Å². The highest BCUT2D eigenvalue weighted by Gasteiger charge is 2.30. The number of amides is 3. The summed E-state index contributed by atoms with van der Waals surface area (Å²) in [7, 11) is 7.06. The summed E-state index contributed by atoms with van der Waals surface area (Å²) in [6.07, 6.45) is -0.242. The molecule has 3 atom stereocenters. The number of carbonyl (C=O) groups excluding carboxylic acids is 3. The Kier molecular flexibility index (Phi) is 9.03. The predicted octanol–water partition coefficient (Wildman–Crippen LogP) is 1.54. The van der Waals surface area contributed by atoms with Gasteiger partial charge in [0.1, 0.15) is 12.4 Å². The Hall–Kier alpha value is -2.65. The summed E-state index contributed by atoms with van der Waals surface area (Å²) in [5.41, 5.74) is 0.929. The van der Waals surface area contributed by atoms with Crippen LogP contribution in [0.25, 0.3) is 0 Å². The number of nitrogens with zero attached hydrogens (tertiary/aromatic N) is 3. The molecule has 0 unspecified atom stereocenters. The van der Waals surface area contributed by atoms with Crippen LogP contribution < -0.4 is 10.1 Å². The molecule has 3 amide bonds. The maximum atomic E-state index is 13.2. The Morgan fingerprint density at radius 3 is 2.53 bits per heavy atom. The number of fused-ring (bicyclic) bond motifs is 1. The maximum Gasteiger partial charge on any atom is 0.257 e. The Balaban J connectivity index is 2.45. The number of benzene rings is 1. The van der Waals surface area contributed by atoms with E-state index >= 15 is 0 Å². The van der Waals surface area contributed by atoms with Gasteiger partial charge in [-0.1, -0.05) is 6.92 Å².